The topological polar surface area (TPSA) is 63.2 Å². The summed E-state index contributed by atoms with van der Waals surface area (Å²) in [5.41, 5.74) is 4.58. The molecule has 3 aromatic rings. The number of hydrogen-bond acceptors (Lipinski definition) is 4. The van der Waals surface area contributed by atoms with Crippen molar-refractivity contribution in [2.24, 2.45) is 0 Å². The summed E-state index contributed by atoms with van der Waals surface area (Å²) < 4.78 is 7.24. The molecule has 0 radical (unpaired) electrons. The van der Waals surface area contributed by atoms with Gasteiger partial charge < -0.3 is 14.8 Å². The molecule has 5 nitrogen and oxygen atoms in total. The van der Waals surface area contributed by atoms with Gasteiger partial charge >= 0.3 is 0 Å². The van der Waals surface area contributed by atoms with Gasteiger partial charge in [-0.15, -0.1) is 0 Å². The average molecular weight is 325 g/mol. The number of nitrogens with zero attached hydrogens (tertiary/aromatic N) is 2. The van der Waals surface area contributed by atoms with Crippen molar-refractivity contribution in [3.8, 4) is 0 Å². The quantitative estimate of drug-likeness (QED) is 0.701. The fourth-order valence-corrected chi connectivity index (χ4v) is 2.82. The van der Waals surface area contributed by atoms with Gasteiger partial charge in [0.2, 0.25) is 0 Å². The number of aryl methyl sites for hydroxylation is 1. The van der Waals surface area contributed by atoms with Crippen molar-refractivity contribution in [2.45, 2.75) is 33.0 Å². The van der Waals surface area contributed by atoms with Crippen LogP contribution in [0.25, 0.3) is 0 Å². The van der Waals surface area contributed by atoms with Gasteiger partial charge in [0.25, 0.3) is 0 Å². The predicted octanol–water partition coefficient (Wildman–Crippen LogP) is 2.96. The first-order chi connectivity index (χ1) is 11.6. The molecule has 2 N–H and O–H groups in total. The highest BCUT2D eigenvalue weighted by molar-refractivity contribution is 5.26. The number of hydrogen-bond donors (Lipinski definition) is 2. The van der Waals surface area contributed by atoms with Gasteiger partial charge in [0.15, 0.2) is 0 Å². The lowest BCUT2D eigenvalue weighted by atomic mass is 10.2. The highest BCUT2D eigenvalue weighted by atomic mass is 16.4. The van der Waals surface area contributed by atoms with Crippen molar-refractivity contribution in [1.82, 2.24) is 15.1 Å². The highest BCUT2D eigenvalue weighted by Gasteiger charge is 2.14. The van der Waals surface area contributed by atoms with Gasteiger partial charge in [-0.3, -0.25) is 4.68 Å². The largest absolute Gasteiger partial charge is 0.467 e. The third-order valence-electron chi connectivity index (χ3n) is 4.22. The van der Waals surface area contributed by atoms with Gasteiger partial charge in [0, 0.05) is 24.3 Å². The smallest absolute Gasteiger partial charge is 0.133 e. The van der Waals surface area contributed by atoms with E-state index in [9.17, 15) is 5.11 Å². The third kappa shape index (κ3) is 3.75. The zero-order valence-corrected chi connectivity index (χ0v) is 14.1. The Hall–Kier alpha value is -2.37. The van der Waals surface area contributed by atoms with Gasteiger partial charge in [-0.25, -0.2) is 0 Å². The molecular weight excluding hydrogens is 302 g/mol. The summed E-state index contributed by atoms with van der Waals surface area (Å²) in [4.78, 5) is 0. The first-order valence-electron chi connectivity index (χ1n) is 8.14. The summed E-state index contributed by atoms with van der Waals surface area (Å²) in [5, 5.41) is 18.0. The van der Waals surface area contributed by atoms with E-state index in [1.807, 2.05) is 29.8 Å². The van der Waals surface area contributed by atoms with Crippen molar-refractivity contribution in [1.29, 1.82) is 0 Å². The van der Waals surface area contributed by atoms with E-state index in [1.54, 1.807) is 18.4 Å². The zero-order valence-electron chi connectivity index (χ0n) is 14.1. The molecule has 0 saturated heterocycles. The van der Waals surface area contributed by atoms with E-state index in [2.05, 4.69) is 29.5 Å². The van der Waals surface area contributed by atoms with E-state index in [-0.39, 0.29) is 0 Å². The number of aliphatic hydroxyl groups is 1. The SMILES string of the molecule is Cc1nn(Cc2ccccc2)c(C)c1CNCC(O)c1ccco1. The van der Waals surface area contributed by atoms with Crippen molar-refractivity contribution in [3.63, 3.8) is 0 Å². The third-order valence-corrected chi connectivity index (χ3v) is 4.22. The predicted molar refractivity (Wildman–Crippen MR) is 92.6 cm³/mol. The van der Waals surface area contributed by atoms with Gasteiger partial charge in [0.1, 0.15) is 11.9 Å². The van der Waals surface area contributed by atoms with E-state index >= 15 is 0 Å². The van der Waals surface area contributed by atoms with E-state index in [1.165, 1.54) is 11.1 Å². The van der Waals surface area contributed by atoms with Crippen LogP contribution >= 0.6 is 0 Å². The molecule has 1 unspecified atom stereocenters. The summed E-state index contributed by atoms with van der Waals surface area (Å²) in [6, 6.07) is 13.9. The van der Waals surface area contributed by atoms with Crippen LogP contribution in [0.3, 0.4) is 0 Å². The van der Waals surface area contributed by atoms with Crippen molar-refractivity contribution >= 4 is 0 Å². The molecule has 126 valence electrons. The zero-order chi connectivity index (χ0) is 16.9. The summed E-state index contributed by atoms with van der Waals surface area (Å²) in [6.45, 7) is 5.99. The Bertz CT molecular complexity index is 764. The maximum absolute atomic E-state index is 10.0. The van der Waals surface area contributed by atoms with Gasteiger partial charge in [-0.2, -0.15) is 5.10 Å². The molecule has 3 rings (SSSR count). The monoisotopic (exact) mass is 325 g/mol. The molecule has 0 saturated carbocycles. The molecule has 2 heterocycles. The first kappa shape index (κ1) is 16.5. The molecule has 0 aliphatic rings. The van der Waals surface area contributed by atoms with Crippen LogP contribution in [-0.4, -0.2) is 21.4 Å². The molecule has 0 bridgehead atoms. The summed E-state index contributed by atoms with van der Waals surface area (Å²) in [6.07, 6.45) is 0.931. The Morgan fingerprint density at radius 1 is 1.17 bits per heavy atom. The molecule has 1 aromatic carbocycles. The highest BCUT2D eigenvalue weighted by Crippen LogP contribution is 2.16. The van der Waals surface area contributed by atoms with Crippen LogP contribution in [0.2, 0.25) is 0 Å². The fourth-order valence-electron chi connectivity index (χ4n) is 2.82. The maximum Gasteiger partial charge on any atom is 0.133 e. The molecule has 2 aromatic heterocycles. The number of aromatic nitrogens is 2. The molecule has 24 heavy (non-hydrogen) atoms. The van der Waals surface area contributed by atoms with Crippen molar-refractivity contribution in [2.75, 3.05) is 6.54 Å². The lowest BCUT2D eigenvalue weighted by molar-refractivity contribution is 0.147. The number of furan rings is 1. The number of nitrogens with one attached hydrogen (secondary N) is 1. The van der Waals surface area contributed by atoms with Crippen LogP contribution in [0.1, 0.15) is 34.4 Å². The summed E-state index contributed by atoms with van der Waals surface area (Å²) in [5.74, 6) is 0.579. The molecule has 0 fully saturated rings. The lowest BCUT2D eigenvalue weighted by Gasteiger charge is -2.10. The first-order valence-corrected chi connectivity index (χ1v) is 8.14. The Balaban J connectivity index is 1.62. The van der Waals surface area contributed by atoms with Gasteiger partial charge in [-0.05, 0) is 31.5 Å². The van der Waals surface area contributed by atoms with Crippen molar-refractivity contribution in [3.05, 3.63) is 77.0 Å². The average Bonchev–Trinajstić information content (AvgIpc) is 3.20. The van der Waals surface area contributed by atoms with Crippen LogP contribution in [0.15, 0.2) is 53.1 Å². The van der Waals surface area contributed by atoms with E-state index < -0.39 is 6.10 Å². The Morgan fingerprint density at radius 3 is 2.67 bits per heavy atom. The summed E-state index contributed by atoms with van der Waals surface area (Å²) >= 11 is 0. The Labute approximate surface area is 141 Å². The maximum atomic E-state index is 10.0. The number of rotatable bonds is 7. The Morgan fingerprint density at radius 2 is 1.96 bits per heavy atom. The lowest BCUT2D eigenvalue weighted by Crippen LogP contribution is -2.21. The number of aliphatic hydroxyl groups excluding tert-OH is 1. The molecule has 1 atom stereocenters. The standard InChI is InChI=1S/C19H23N3O2/c1-14-17(11-20-12-18(23)19-9-6-10-24-19)15(2)22(21-14)13-16-7-4-3-5-8-16/h3-10,18,20,23H,11-13H2,1-2H3. The molecule has 0 aliphatic carbocycles. The molecule has 0 spiro atoms. The molecule has 0 aliphatic heterocycles. The molecule has 0 amide bonds. The second-order valence-corrected chi connectivity index (χ2v) is 5.95. The molecular formula is C19H23N3O2. The second kappa shape index (κ2) is 7.47. The summed E-state index contributed by atoms with van der Waals surface area (Å²) in [7, 11) is 0. The van der Waals surface area contributed by atoms with E-state index in [4.69, 9.17) is 4.42 Å². The van der Waals surface area contributed by atoms with Gasteiger partial charge in [-0.1, -0.05) is 30.3 Å². The normalized spacial score (nSPS) is 12.5. The minimum Gasteiger partial charge on any atom is -0.467 e. The van der Waals surface area contributed by atoms with Crippen LogP contribution in [0.5, 0.6) is 0 Å². The van der Waals surface area contributed by atoms with E-state index in [0.717, 1.165) is 17.9 Å². The van der Waals surface area contributed by atoms with Crippen molar-refractivity contribution < 1.29 is 9.52 Å². The van der Waals surface area contributed by atoms with Gasteiger partial charge in [0.05, 0.1) is 18.5 Å². The van der Waals surface area contributed by atoms with Crippen LogP contribution < -0.4 is 5.32 Å². The van der Waals surface area contributed by atoms with E-state index in [0.29, 0.717) is 18.8 Å². The molecule has 5 heteroatoms. The minimum absolute atomic E-state index is 0.441. The Kier molecular flexibility index (Phi) is 5.13. The number of benzene rings is 1. The van der Waals surface area contributed by atoms with Crippen LogP contribution in [0, 0.1) is 13.8 Å². The minimum atomic E-state index is -0.639. The fraction of sp³-hybridized carbons (Fsp3) is 0.316. The second-order valence-electron chi connectivity index (χ2n) is 5.95. The van der Waals surface area contributed by atoms with Crippen LogP contribution in [-0.2, 0) is 13.1 Å². The van der Waals surface area contributed by atoms with Crippen LogP contribution in [0.4, 0.5) is 0 Å².